The Kier molecular flexibility index (Phi) is 3.10. The van der Waals surface area contributed by atoms with E-state index in [1.807, 2.05) is 24.3 Å². The molecule has 0 bridgehead atoms. The van der Waals surface area contributed by atoms with E-state index in [1.54, 1.807) is 18.3 Å². The summed E-state index contributed by atoms with van der Waals surface area (Å²) in [5, 5.41) is 5.15. The Hall–Kier alpha value is -2.25. The lowest BCUT2D eigenvalue weighted by Gasteiger charge is -2.04. The summed E-state index contributed by atoms with van der Waals surface area (Å²) in [7, 11) is -3.68. The van der Waals surface area contributed by atoms with Gasteiger partial charge in [-0.2, -0.15) is 0 Å². The molecule has 1 fully saturated rings. The molecule has 0 spiro atoms. The number of nitrogens with zero attached hydrogens (tertiary/aromatic N) is 2. The Morgan fingerprint density at radius 3 is 2.46 bits per heavy atom. The predicted octanol–water partition coefficient (Wildman–Crippen LogP) is 2.78. The van der Waals surface area contributed by atoms with Gasteiger partial charge in [0.1, 0.15) is 5.52 Å². The minimum atomic E-state index is -3.68. The number of aromatic nitrogens is 2. The summed E-state index contributed by atoms with van der Waals surface area (Å²) in [5.74, 6) is 1.02. The van der Waals surface area contributed by atoms with Crippen LogP contribution in [0.1, 0.15) is 37.1 Å². The number of hydrogen-bond donors (Lipinski definition) is 1. The third-order valence-electron chi connectivity index (χ3n) is 4.84. The van der Waals surface area contributed by atoms with Crippen molar-refractivity contribution in [2.24, 2.45) is 10.6 Å². The molecule has 2 atom stereocenters. The Labute approximate surface area is 139 Å². The van der Waals surface area contributed by atoms with Gasteiger partial charge in [-0.05, 0) is 35.2 Å². The summed E-state index contributed by atoms with van der Waals surface area (Å²) in [4.78, 5) is 8.86. The highest BCUT2D eigenvalue weighted by molar-refractivity contribution is 7.89. The molecule has 1 aliphatic rings. The second-order valence-electron chi connectivity index (χ2n) is 6.77. The molecule has 0 unspecified atom stereocenters. The van der Waals surface area contributed by atoms with Crippen LogP contribution >= 0.6 is 0 Å². The van der Waals surface area contributed by atoms with Crippen LogP contribution in [-0.4, -0.2) is 18.4 Å². The standard InChI is InChI=1S/C17H17N3O3S/c1-17(2)13(10-5-7-11(8-6-10)24(18,21)22)14(17)16-20-12-4-3-9-19-15(12)23-16/h3-9,13-14H,1-2H3,(H2,18,21,22)/t13-,14+/m1/s1. The van der Waals surface area contributed by atoms with Crippen LogP contribution in [0.5, 0.6) is 0 Å². The zero-order chi connectivity index (χ0) is 17.1. The fourth-order valence-corrected chi connectivity index (χ4v) is 4.02. The summed E-state index contributed by atoms with van der Waals surface area (Å²) in [5.41, 5.74) is 2.31. The van der Waals surface area contributed by atoms with Crippen LogP contribution in [0.2, 0.25) is 0 Å². The van der Waals surface area contributed by atoms with Gasteiger partial charge in [0.25, 0.3) is 0 Å². The first-order valence-electron chi connectivity index (χ1n) is 7.63. The molecule has 7 heteroatoms. The third-order valence-corrected chi connectivity index (χ3v) is 5.77. The maximum absolute atomic E-state index is 11.4. The van der Waals surface area contributed by atoms with Gasteiger partial charge in [0.05, 0.1) is 4.90 Å². The van der Waals surface area contributed by atoms with Crippen molar-refractivity contribution in [3.8, 4) is 0 Å². The average Bonchev–Trinajstić information content (AvgIpc) is 2.90. The van der Waals surface area contributed by atoms with Crippen LogP contribution in [-0.2, 0) is 10.0 Å². The van der Waals surface area contributed by atoms with Gasteiger partial charge in [-0.1, -0.05) is 26.0 Å². The molecule has 24 heavy (non-hydrogen) atoms. The molecule has 6 nitrogen and oxygen atoms in total. The van der Waals surface area contributed by atoms with Crippen LogP contribution in [0, 0.1) is 5.41 Å². The van der Waals surface area contributed by atoms with E-state index in [2.05, 4.69) is 23.8 Å². The normalized spacial score (nSPS) is 22.6. The van der Waals surface area contributed by atoms with Crippen molar-refractivity contribution in [2.45, 2.75) is 30.6 Å². The zero-order valence-electron chi connectivity index (χ0n) is 13.3. The summed E-state index contributed by atoms with van der Waals surface area (Å²) in [6, 6.07) is 10.4. The molecule has 2 N–H and O–H groups in total. The molecule has 0 radical (unpaired) electrons. The van der Waals surface area contributed by atoms with Gasteiger partial charge in [-0.15, -0.1) is 0 Å². The van der Waals surface area contributed by atoms with Crippen molar-refractivity contribution in [3.63, 3.8) is 0 Å². The molecule has 0 saturated heterocycles. The minimum absolute atomic E-state index is 0.0238. The van der Waals surface area contributed by atoms with E-state index < -0.39 is 10.0 Å². The molecule has 124 valence electrons. The lowest BCUT2D eigenvalue weighted by atomic mass is 10.0. The highest BCUT2D eigenvalue weighted by Crippen LogP contribution is 2.69. The molecule has 2 heterocycles. The van der Waals surface area contributed by atoms with Crippen molar-refractivity contribution in [2.75, 3.05) is 0 Å². The number of hydrogen-bond acceptors (Lipinski definition) is 5. The number of nitrogens with two attached hydrogens (primary N) is 1. The predicted molar refractivity (Wildman–Crippen MR) is 88.9 cm³/mol. The number of oxazole rings is 1. The molecule has 1 aliphatic carbocycles. The summed E-state index contributed by atoms with van der Waals surface area (Å²) in [6.45, 7) is 4.30. The highest BCUT2D eigenvalue weighted by atomic mass is 32.2. The molecular formula is C17H17N3O3S. The van der Waals surface area contributed by atoms with Crippen molar-refractivity contribution in [1.29, 1.82) is 0 Å². The Morgan fingerprint density at radius 1 is 1.12 bits per heavy atom. The Bertz CT molecular complexity index is 990. The fraction of sp³-hybridized carbons (Fsp3) is 0.294. The van der Waals surface area contributed by atoms with Crippen molar-refractivity contribution in [3.05, 3.63) is 54.0 Å². The highest BCUT2D eigenvalue weighted by Gasteiger charge is 2.61. The van der Waals surface area contributed by atoms with Crippen LogP contribution in [0.3, 0.4) is 0 Å². The van der Waals surface area contributed by atoms with Gasteiger partial charge in [-0.3, -0.25) is 0 Å². The average molecular weight is 343 g/mol. The van der Waals surface area contributed by atoms with Crippen LogP contribution in [0.15, 0.2) is 51.9 Å². The topological polar surface area (TPSA) is 99.1 Å². The molecular weight excluding hydrogens is 326 g/mol. The van der Waals surface area contributed by atoms with E-state index in [-0.39, 0.29) is 22.1 Å². The van der Waals surface area contributed by atoms with E-state index in [0.717, 1.165) is 11.1 Å². The van der Waals surface area contributed by atoms with Gasteiger partial charge in [-0.25, -0.2) is 23.5 Å². The first kappa shape index (κ1) is 15.3. The molecule has 1 saturated carbocycles. The largest absolute Gasteiger partial charge is 0.422 e. The summed E-state index contributed by atoms with van der Waals surface area (Å²) >= 11 is 0. The van der Waals surface area contributed by atoms with E-state index in [4.69, 9.17) is 9.56 Å². The third kappa shape index (κ3) is 2.32. The van der Waals surface area contributed by atoms with Crippen LogP contribution in [0.25, 0.3) is 11.2 Å². The van der Waals surface area contributed by atoms with E-state index >= 15 is 0 Å². The Morgan fingerprint density at radius 2 is 1.83 bits per heavy atom. The quantitative estimate of drug-likeness (QED) is 0.788. The molecule has 4 rings (SSSR count). The fourth-order valence-electron chi connectivity index (χ4n) is 3.51. The van der Waals surface area contributed by atoms with Gasteiger partial charge < -0.3 is 4.42 Å². The van der Waals surface area contributed by atoms with E-state index in [9.17, 15) is 8.42 Å². The SMILES string of the molecule is CC1(C)[C@H](c2ccc(S(N)(=O)=O)cc2)[C@H]1c1nc2cccnc2o1. The number of rotatable bonds is 3. The summed E-state index contributed by atoms with van der Waals surface area (Å²) < 4.78 is 28.6. The second kappa shape index (κ2) is 4.87. The number of primary sulfonamides is 1. The monoisotopic (exact) mass is 343 g/mol. The van der Waals surface area contributed by atoms with Gasteiger partial charge in [0.15, 0.2) is 0 Å². The molecule has 2 aromatic heterocycles. The lowest BCUT2D eigenvalue weighted by Crippen LogP contribution is -2.11. The molecule has 3 aromatic rings. The Balaban J connectivity index is 1.69. The van der Waals surface area contributed by atoms with E-state index in [0.29, 0.717) is 11.6 Å². The maximum Gasteiger partial charge on any atom is 0.246 e. The molecule has 1 aromatic carbocycles. The zero-order valence-corrected chi connectivity index (χ0v) is 14.1. The minimum Gasteiger partial charge on any atom is -0.422 e. The number of fused-ring (bicyclic) bond motifs is 1. The van der Waals surface area contributed by atoms with Gasteiger partial charge >= 0.3 is 0 Å². The first-order chi connectivity index (χ1) is 11.3. The van der Waals surface area contributed by atoms with Gasteiger partial charge in [0.2, 0.25) is 21.6 Å². The van der Waals surface area contributed by atoms with Crippen LogP contribution in [0.4, 0.5) is 0 Å². The van der Waals surface area contributed by atoms with Crippen molar-refractivity contribution < 1.29 is 12.8 Å². The first-order valence-corrected chi connectivity index (χ1v) is 9.17. The lowest BCUT2D eigenvalue weighted by molar-refractivity contribution is 0.488. The smallest absolute Gasteiger partial charge is 0.246 e. The number of sulfonamides is 1. The maximum atomic E-state index is 11.4. The van der Waals surface area contributed by atoms with Crippen LogP contribution < -0.4 is 5.14 Å². The molecule has 0 aliphatic heterocycles. The van der Waals surface area contributed by atoms with Gasteiger partial charge in [0, 0.05) is 18.0 Å². The number of pyridine rings is 1. The van der Waals surface area contributed by atoms with E-state index in [1.165, 1.54) is 0 Å². The van der Waals surface area contributed by atoms with Crippen molar-refractivity contribution >= 4 is 21.3 Å². The second-order valence-corrected chi connectivity index (χ2v) is 8.33. The number of benzene rings is 1. The molecule has 0 amide bonds. The van der Waals surface area contributed by atoms with Crippen molar-refractivity contribution in [1.82, 2.24) is 9.97 Å². The summed E-state index contributed by atoms with van der Waals surface area (Å²) in [6.07, 6.45) is 1.68.